The van der Waals surface area contributed by atoms with Gasteiger partial charge in [-0.05, 0) is 48.9 Å². The lowest BCUT2D eigenvalue weighted by atomic mass is 10.1. The number of carbonyl (C=O) groups excluding carboxylic acids is 2. The van der Waals surface area contributed by atoms with Crippen molar-refractivity contribution in [3.63, 3.8) is 0 Å². The zero-order chi connectivity index (χ0) is 19.8. The average Bonchev–Trinajstić information content (AvgIpc) is 2.67. The minimum absolute atomic E-state index is 0.333. The molecule has 0 aliphatic carbocycles. The van der Waals surface area contributed by atoms with Gasteiger partial charge in [0, 0.05) is 0 Å². The first-order valence-corrected chi connectivity index (χ1v) is 8.67. The van der Waals surface area contributed by atoms with Gasteiger partial charge < -0.3 is 14.8 Å². The highest BCUT2D eigenvalue weighted by Crippen LogP contribution is 2.25. The van der Waals surface area contributed by atoms with E-state index >= 15 is 0 Å². The lowest BCUT2D eigenvalue weighted by Gasteiger charge is -2.15. The lowest BCUT2D eigenvalue weighted by Crippen LogP contribution is -2.31. The van der Waals surface area contributed by atoms with Crippen LogP contribution in [0.2, 0.25) is 10.0 Å². The van der Waals surface area contributed by atoms with Crippen LogP contribution >= 0.6 is 23.2 Å². The van der Waals surface area contributed by atoms with E-state index in [-0.39, 0.29) is 12.6 Å². The van der Waals surface area contributed by atoms with E-state index in [1.807, 2.05) is 6.07 Å². The maximum atomic E-state index is 11.9. The van der Waals surface area contributed by atoms with Gasteiger partial charge in [0.1, 0.15) is 5.75 Å². The smallest absolute Gasteiger partial charge is 0.344 e. The van der Waals surface area contributed by atoms with Crippen molar-refractivity contribution in [1.29, 1.82) is 5.26 Å². The Labute approximate surface area is 166 Å². The fourth-order valence-electron chi connectivity index (χ4n) is 2.10. The van der Waals surface area contributed by atoms with Crippen molar-refractivity contribution in [3.05, 3.63) is 63.6 Å². The van der Waals surface area contributed by atoms with Crippen LogP contribution in [0.15, 0.2) is 42.5 Å². The molecule has 2 aromatic carbocycles. The Morgan fingerprint density at radius 1 is 1.11 bits per heavy atom. The summed E-state index contributed by atoms with van der Waals surface area (Å²) in [5.41, 5.74) is 1.26. The number of hydrogen-bond acceptors (Lipinski definition) is 5. The van der Waals surface area contributed by atoms with Gasteiger partial charge in [-0.3, -0.25) is 4.79 Å². The monoisotopic (exact) mass is 406 g/mol. The number of amides is 1. The minimum atomic E-state index is -0.684. The first-order chi connectivity index (χ1) is 12.9. The summed E-state index contributed by atoms with van der Waals surface area (Å²) in [6.45, 7) is 0.996. The Bertz CT molecular complexity index is 863. The highest BCUT2D eigenvalue weighted by Gasteiger charge is 2.13. The molecule has 0 fully saturated rings. The summed E-state index contributed by atoms with van der Waals surface area (Å²) in [7, 11) is 0. The number of hydrogen-bond donors (Lipinski definition) is 1. The number of rotatable bonds is 7. The number of nitriles is 1. The predicted molar refractivity (Wildman–Crippen MR) is 101 cm³/mol. The zero-order valence-corrected chi connectivity index (χ0v) is 15.9. The lowest BCUT2D eigenvalue weighted by molar-refractivity contribution is -0.150. The van der Waals surface area contributed by atoms with Gasteiger partial charge in [0.15, 0.2) is 13.2 Å². The second-order valence-corrected chi connectivity index (χ2v) is 6.36. The number of esters is 1. The second kappa shape index (κ2) is 9.81. The van der Waals surface area contributed by atoms with Gasteiger partial charge in [-0.1, -0.05) is 29.3 Å². The van der Waals surface area contributed by atoms with Crippen molar-refractivity contribution in [2.45, 2.75) is 13.0 Å². The van der Waals surface area contributed by atoms with Crippen molar-refractivity contribution in [2.75, 3.05) is 13.2 Å². The van der Waals surface area contributed by atoms with Crippen LogP contribution in [0.3, 0.4) is 0 Å². The van der Waals surface area contributed by atoms with Crippen LogP contribution in [-0.2, 0) is 14.3 Å². The van der Waals surface area contributed by atoms with E-state index < -0.39 is 18.5 Å². The molecule has 0 aliphatic heterocycles. The van der Waals surface area contributed by atoms with Crippen LogP contribution in [-0.4, -0.2) is 25.1 Å². The highest BCUT2D eigenvalue weighted by molar-refractivity contribution is 6.42. The molecule has 8 heteroatoms. The Morgan fingerprint density at radius 3 is 2.44 bits per heavy atom. The third kappa shape index (κ3) is 6.48. The summed E-state index contributed by atoms with van der Waals surface area (Å²) < 4.78 is 10.1. The van der Waals surface area contributed by atoms with Gasteiger partial charge >= 0.3 is 5.97 Å². The SMILES string of the molecule is C[C@H](NC(=O)COC(=O)COc1ccc(C#N)cc1)c1ccc(Cl)c(Cl)c1. The molecule has 140 valence electrons. The number of halogens is 2. The molecule has 0 radical (unpaired) electrons. The molecule has 1 N–H and O–H groups in total. The van der Waals surface area contributed by atoms with Gasteiger partial charge in [0.2, 0.25) is 0 Å². The van der Waals surface area contributed by atoms with Crippen LogP contribution in [0, 0.1) is 11.3 Å². The summed E-state index contributed by atoms with van der Waals surface area (Å²) in [6, 6.07) is 13.0. The molecule has 0 aromatic heterocycles. The Kier molecular flexibility index (Phi) is 7.47. The molecule has 1 atom stereocenters. The average molecular weight is 407 g/mol. The van der Waals surface area contributed by atoms with Crippen LogP contribution in [0.25, 0.3) is 0 Å². The van der Waals surface area contributed by atoms with Crippen molar-refractivity contribution in [2.24, 2.45) is 0 Å². The maximum Gasteiger partial charge on any atom is 0.344 e. The summed E-state index contributed by atoms with van der Waals surface area (Å²) in [4.78, 5) is 23.6. The second-order valence-electron chi connectivity index (χ2n) is 5.55. The molecule has 1 amide bonds. The van der Waals surface area contributed by atoms with E-state index in [9.17, 15) is 9.59 Å². The molecule has 0 spiro atoms. The molecular formula is C19H16Cl2N2O4. The van der Waals surface area contributed by atoms with Crippen LogP contribution in [0.1, 0.15) is 24.1 Å². The largest absolute Gasteiger partial charge is 0.482 e. The molecule has 0 bridgehead atoms. The molecule has 27 heavy (non-hydrogen) atoms. The highest BCUT2D eigenvalue weighted by atomic mass is 35.5. The van der Waals surface area contributed by atoms with E-state index in [4.69, 9.17) is 37.9 Å². The van der Waals surface area contributed by atoms with E-state index in [2.05, 4.69) is 5.32 Å². The summed E-state index contributed by atoms with van der Waals surface area (Å²) >= 11 is 11.8. The van der Waals surface area contributed by atoms with Gasteiger partial charge in [-0.15, -0.1) is 0 Å². The van der Waals surface area contributed by atoms with Crippen molar-refractivity contribution in [3.8, 4) is 11.8 Å². The fourth-order valence-corrected chi connectivity index (χ4v) is 2.41. The summed E-state index contributed by atoms with van der Waals surface area (Å²) in [5.74, 6) is -0.722. The molecule has 0 heterocycles. The number of ether oxygens (including phenoxy) is 2. The van der Waals surface area contributed by atoms with Crippen LogP contribution < -0.4 is 10.1 Å². The topological polar surface area (TPSA) is 88.4 Å². The minimum Gasteiger partial charge on any atom is -0.482 e. The quantitative estimate of drug-likeness (QED) is 0.708. The van der Waals surface area contributed by atoms with Crippen molar-refractivity contribution >= 4 is 35.1 Å². The van der Waals surface area contributed by atoms with Gasteiger partial charge in [0.25, 0.3) is 5.91 Å². The zero-order valence-electron chi connectivity index (χ0n) is 14.4. The van der Waals surface area contributed by atoms with Gasteiger partial charge in [0.05, 0.1) is 27.7 Å². The van der Waals surface area contributed by atoms with E-state index in [0.717, 1.165) is 5.56 Å². The Balaban J connectivity index is 1.74. The van der Waals surface area contributed by atoms with Gasteiger partial charge in [-0.2, -0.15) is 5.26 Å². The predicted octanol–water partition coefficient (Wildman–Crippen LogP) is 3.66. The number of carbonyl (C=O) groups is 2. The fraction of sp³-hybridized carbons (Fsp3) is 0.211. The van der Waals surface area contributed by atoms with Gasteiger partial charge in [-0.25, -0.2) is 4.79 Å². The molecule has 0 saturated carbocycles. The molecule has 2 aromatic rings. The molecular weight excluding hydrogens is 391 g/mol. The maximum absolute atomic E-state index is 11.9. The molecule has 0 aliphatic rings. The molecule has 6 nitrogen and oxygen atoms in total. The third-order valence-electron chi connectivity index (χ3n) is 3.53. The van der Waals surface area contributed by atoms with E-state index in [1.165, 1.54) is 0 Å². The van der Waals surface area contributed by atoms with E-state index in [0.29, 0.717) is 21.4 Å². The standard InChI is InChI=1S/C19H16Cl2N2O4/c1-12(14-4-7-16(20)17(21)8-14)23-18(24)10-27-19(25)11-26-15-5-2-13(9-22)3-6-15/h2-8,12H,10-11H2,1H3,(H,23,24)/t12-/m0/s1. The van der Waals surface area contributed by atoms with Crippen LogP contribution in [0.4, 0.5) is 0 Å². The number of nitrogens with zero attached hydrogens (tertiary/aromatic N) is 1. The van der Waals surface area contributed by atoms with Crippen LogP contribution in [0.5, 0.6) is 5.75 Å². The Morgan fingerprint density at radius 2 is 1.81 bits per heavy atom. The van der Waals surface area contributed by atoms with Crippen molar-refractivity contribution in [1.82, 2.24) is 5.32 Å². The summed E-state index contributed by atoms with van der Waals surface area (Å²) in [6.07, 6.45) is 0. The van der Waals surface area contributed by atoms with E-state index in [1.54, 1.807) is 49.4 Å². The molecule has 0 unspecified atom stereocenters. The Hall–Kier alpha value is -2.75. The first kappa shape index (κ1) is 20.6. The first-order valence-electron chi connectivity index (χ1n) is 7.92. The number of nitrogens with one attached hydrogen (secondary N) is 1. The van der Waals surface area contributed by atoms with Crippen molar-refractivity contribution < 1.29 is 19.1 Å². The normalized spacial score (nSPS) is 11.2. The number of benzene rings is 2. The summed E-state index contributed by atoms with van der Waals surface area (Å²) in [5, 5.41) is 12.2. The molecule has 0 saturated heterocycles. The molecule has 2 rings (SSSR count). The third-order valence-corrected chi connectivity index (χ3v) is 4.26.